The van der Waals surface area contributed by atoms with Gasteiger partial charge in [-0.25, -0.2) is 0 Å². The molecular formula is C8H14O4. The summed E-state index contributed by atoms with van der Waals surface area (Å²) >= 11 is 0. The molecule has 0 aliphatic carbocycles. The Morgan fingerprint density at radius 2 is 1.92 bits per heavy atom. The van der Waals surface area contributed by atoms with E-state index in [9.17, 15) is 9.59 Å². The van der Waals surface area contributed by atoms with E-state index in [1.165, 1.54) is 0 Å². The van der Waals surface area contributed by atoms with Crippen LogP contribution in [0.3, 0.4) is 0 Å². The summed E-state index contributed by atoms with van der Waals surface area (Å²) in [4.78, 5) is 20.9. The predicted octanol–water partition coefficient (Wildman–Crippen LogP) is 0.847. The summed E-state index contributed by atoms with van der Waals surface area (Å²) < 4.78 is 4.94. The van der Waals surface area contributed by atoms with Crippen LogP contribution in [0.4, 0.5) is 0 Å². The van der Waals surface area contributed by atoms with Crippen LogP contribution in [0.15, 0.2) is 0 Å². The molecule has 0 unspecified atom stereocenters. The highest BCUT2D eigenvalue weighted by Gasteiger charge is 2.04. The fraction of sp³-hybridized carbons (Fsp3) is 0.750. The first kappa shape index (κ1) is 11.1. The van der Waals surface area contributed by atoms with Crippen molar-refractivity contribution in [1.29, 1.82) is 0 Å². The lowest BCUT2D eigenvalue weighted by molar-refractivity contribution is -0.138. The number of ether oxygens (including phenoxy) is 1. The van der Waals surface area contributed by atoms with Crippen LogP contribution in [-0.2, 0) is 14.3 Å². The first-order valence-electron chi connectivity index (χ1n) is 3.98. The molecule has 70 valence electrons. The summed E-state index contributed by atoms with van der Waals surface area (Å²) in [5.74, 6) is -0.981. The number of carbonyl (C=O) groups is 2. The Morgan fingerprint density at radius 1 is 1.25 bits per heavy atom. The van der Waals surface area contributed by atoms with Gasteiger partial charge in [0, 0.05) is 19.4 Å². The van der Waals surface area contributed by atoms with Crippen molar-refractivity contribution >= 4 is 11.8 Å². The summed E-state index contributed by atoms with van der Waals surface area (Å²) in [5, 5.41) is 8.25. The summed E-state index contributed by atoms with van der Waals surface area (Å²) in [6.45, 7) is 2.84. The van der Waals surface area contributed by atoms with Gasteiger partial charge in [0.2, 0.25) is 0 Å². The molecule has 0 heterocycles. The van der Waals surface area contributed by atoms with E-state index in [-0.39, 0.29) is 18.6 Å². The standard InChI is InChI=1S/C8H14O4/c1-2-12-6-5-7(9)3-4-8(10)11/h2-6H2,1H3,(H,10,11). The molecule has 0 saturated carbocycles. The number of hydrogen-bond donors (Lipinski definition) is 1. The molecule has 0 fully saturated rings. The smallest absolute Gasteiger partial charge is 0.303 e. The minimum absolute atomic E-state index is 0.0501. The summed E-state index contributed by atoms with van der Waals surface area (Å²) in [6.07, 6.45) is 0.356. The number of carboxylic acids is 1. The summed E-state index contributed by atoms with van der Waals surface area (Å²) in [6, 6.07) is 0. The zero-order chi connectivity index (χ0) is 9.40. The molecule has 12 heavy (non-hydrogen) atoms. The lowest BCUT2D eigenvalue weighted by atomic mass is 10.2. The average molecular weight is 174 g/mol. The van der Waals surface area contributed by atoms with Crippen LogP contribution in [0.1, 0.15) is 26.2 Å². The number of carboxylic acid groups (broad SMARTS) is 1. The highest BCUT2D eigenvalue weighted by Crippen LogP contribution is 1.95. The van der Waals surface area contributed by atoms with E-state index in [0.717, 1.165) is 0 Å². The molecule has 0 aromatic carbocycles. The highest BCUT2D eigenvalue weighted by atomic mass is 16.5. The van der Waals surface area contributed by atoms with E-state index < -0.39 is 5.97 Å². The van der Waals surface area contributed by atoms with Crippen molar-refractivity contribution in [1.82, 2.24) is 0 Å². The zero-order valence-corrected chi connectivity index (χ0v) is 7.21. The van der Waals surface area contributed by atoms with Crippen LogP contribution in [-0.4, -0.2) is 30.1 Å². The second-order valence-corrected chi connectivity index (χ2v) is 2.38. The maximum absolute atomic E-state index is 10.9. The number of carbonyl (C=O) groups excluding carboxylic acids is 1. The van der Waals surface area contributed by atoms with E-state index in [1.807, 2.05) is 6.92 Å². The van der Waals surface area contributed by atoms with E-state index in [2.05, 4.69) is 0 Å². The van der Waals surface area contributed by atoms with Gasteiger partial charge < -0.3 is 9.84 Å². The monoisotopic (exact) mass is 174 g/mol. The van der Waals surface area contributed by atoms with Crippen LogP contribution in [0, 0.1) is 0 Å². The molecule has 0 atom stereocenters. The third kappa shape index (κ3) is 7.21. The molecule has 0 amide bonds. The summed E-state index contributed by atoms with van der Waals surface area (Å²) in [5.41, 5.74) is 0. The molecule has 0 spiro atoms. The van der Waals surface area contributed by atoms with Gasteiger partial charge in [-0.15, -0.1) is 0 Å². The Bertz CT molecular complexity index is 153. The zero-order valence-electron chi connectivity index (χ0n) is 7.21. The molecule has 0 aliphatic rings. The maximum Gasteiger partial charge on any atom is 0.303 e. The number of hydrogen-bond acceptors (Lipinski definition) is 3. The van der Waals surface area contributed by atoms with Gasteiger partial charge in [-0.1, -0.05) is 0 Å². The van der Waals surface area contributed by atoms with Gasteiger partial charge in [0.25, 0.3) is 0 Å². The molecule has 0 radical (unpaired) electrons. The van der Waals surface area contributed by atoms with Gasteiger partial charge in [0.15, 0.2) is 0 Å². The Morgan fingerprint density at radius 3 is 2.42 bits per heavy atom. The second kappa shape index (κ2) is 6.79. The van der Waals surface area contributed by atoms with Crippen molar-refractivity contribution in [3.8, 4) is 0 Å². The van der Waals surface area contributed by atoms with Crippen molar-refractivity contribution in [2.75, 3.05) is 13.2 Å². The molecule has 0 rings (SSSR count). The Balaban J connectivity index is 3.28. The molecule has 0 aromatic rings. The third-order valence-corrected chi connectivity index (χ3v) is 1.35. The average Bonchev–Trinajstić information content (AvgIpc) is 2.01. The van der Waals surface area contributed by atoms with Crippen molar-refractivity contribution in [3.05, 3.63) is 0 Å². The van der Waals surface area contributed by atoms with Gasteiger partial charge in [-0.05, 0) is 6.92 Å². The number of aliphatic carboxylic acids is 1. The fourth-order valence-corrected chi connectivity index (χ4v) is 0.702. The van der Waals surface area contributed by atoms with Crippen LogP contribution in [0.2, 0.25) is 0 Å². The predicted molar refractivity (Wildman–Crippen MR) is 43.0 cm³/mol. The Hall–Kier alpha value is -0.900. The van der Waals surface area contributed by atoms with Crippen molar-refractivity contribution in [2.24, 2.45) is 0 Å². The number of Topliss-reactive ketones (excluding diaryl/α,β-unsaturated/α-hetero) is 1. The second-order valence-electron chi connectivity index (χ2n) is 2.38. The minimum Gasteiger partial charge on any atom is -0.481 e. The molecule has 0 aliphatic heterocycles. The normalized spacial score (nSPS) is 9.75. The molecule has 0 aromatic heterocycles. The van der Waals surface area contributed by atoms with Gasteiger partial charge in [-0.2, -0.15) is 0 Å². The Labute approximate surface area is 71.5 Å². The van der Waals surface area contributed by atoms with Crippen molar-refractivity contribution in [3.63, 3.8) is 0 Å². The maximum atomic E-state index is 10.9. The van der Waals surface area contributed by atoms with Crippen LogP contribution in [0.25, 0.3) is 0 Å². The number of rotatable bonds is 7. The van der Waals surface area contributed by atoms with E-state index in [0.29, 0.717) is 19.6 Å². The largest absolute Gasteiger partial charge is 0.481 e. The van der Waals surface area contributed by atoms with Crippen LogP contribution >= 0.6 is 0 Å². The SMILES string of the molecule is CCOCCC(=O)CCC(=O)O. The van der Waals surface area contributed by atoms with Gasteiger partial charge >= 0.3 is 5.97 Å². The van der Waals surface area contributed by atoms with E-state index in [4.69, 9.17) is 9.84 Å². The lowest BCUT2D eigenvalue weighted by Gasteiger charge is -1.98. The first-order chi connectivity index (χ1) is 5.66. The summed E-state index contributed by atoms with van der Waals surface area (Å²) in [7, 11) is 0. The van der Waals surface area contributed by atoms with Crippen LogP contribution in [0.5, 0.6) is 0 Å². The fourth-order valence-electron chi connectivity index (χ4n) is 0.702. The quantitative estimate of drug-likeness (QED) is 0.581. The highest BCUT2D eigenvalue weighted by molar-refractivity contribution is 5.82. The molecule has 1 N–H and O–H groups in total. The Kier molecular flexibility index (Phi) is 6.28. The first-order valence-corrected chi connectivity index (χ1v) is 3.98. The minimum atomic E-state index is -0.931. The van der Waals surface area contributed by atoms with Crippen molar-refractivity contribution < 1.29 is 19.4 Å². The molecule has 0 bridgehead atoms. The molecule has 4 heteroatoms. The lowest BCUT2D eigenvalue weighted by Crippen LogP contribution is -2.06. The van der Waals surface area contributed by atoms with Gasteiger partial charge in [0.1, 0.15) is 5.78 Å². The van der Waals surface area contributed by atoms with E-state index >= 15 is 0 Å². The topological polar surface area (TPSA) is 63.6 Å². The molecule has 4 nitrogen and oxygen atoms in total. The molecule has 0 saturated heterocycles. The van der Waals surface area contributed by atoms with Gasteiger partial charge in [-0.3, -0.25) is 9.59 Å². The number of ketones is 1. The van der Waals surface area contributed by atoms with Gasteiger partial charge in [0.05, 0.1) is 13.0 Å². The third-order valence-electron chi connectivity index (χ3n) is 1.35. The molecular weight excluding hydrogens is 160 g/mol. The van der Waals surface area contributed by atoms with E-state index in [1.54, 1.807) is 0 Å². The van der Waals surface area contributed by atoms with Crippen molar-refractivity contribution in [2.45, 2.75) is 26.2 Å². The van der Waals surface area contributed by atoms with Crippen LogP contribution < -0.4 is 0 Å².